The van der Waals surface area contributed by atoms with E-state index in [0.29, 0.717) is 11.0 Å². The molecule has 0 bridgehead atoms. The Labute approximate surface area is 106 Å². The first-order chi connectivity index (χ1) is 7.63. The van der Waals surface area contributed by atoms with Crippen molar-refractivity contribution in [2.75, 3.05) is 16.8 Å². The van der Waals surface area contributed by atoms with Crippen LogP contribution in [0, 0.1) is 0 Å². The monoisotopic (exact) mass is 255 g/mol. The van der Waals surface area contributed by atoms with Crippen molar-refractivity contribution < 1.29 is 0 Å². The summed E-state index contributed by atoms with van der Waals surface area (Å²) in [6.45, 7) is 4.29. The summed E-state index contributed by atoms with van der Waals surface area (Å²) in [6, 6.07) is 4.09. The molecule has 3 nitrogen and oxygen atoms in total. The van der Waals surface area contributed by atoms with Crippen molar-refractivity contribution in [3.8, 4) is 0 Å². The second kappa shape index (κ2) is 6.70. The predicted octanol–water partition coefficient (Wildman–Crippen LogP) is 2.27. The Hall–Kier alpha value is -0.810. The molecule has 88 valence electrons. The van der Waals surface area contributed by atoms with Gasteiger partial charge in [-0.2, -0.15) is 11.8 Å². The van der Waals surface area contributed by atoms with Gasteiger partial charge in [0.25, 0.3) is 0 Å². The molecule has 0 fully saturated rings. The number of thioether (sulfide) groups is 1. The number of aromatic nitrogens is 1. The number of hydrogen-bond donors (Lipinski definition) is 2. The molecular formula is C11H17N3S2. The van der Waals surface area contributed by atoms with Gasteiger partial charge in [-0.3, -0.25) is 0 Å². The zero-order valence-corrected chi connectivity index (χ0v) is 11.2. The second-order valence-corrected chi connectivity index (χ2v) is 5.26. The number of nitrogens with two attached hydrogens (primary N) is 1. The molecule has 5 heteroatoms. The summed E-state index contributed by atoms with van der Waals surface area (Å²) in [7, 11) is 0. The van der Waals surface area contributed by atoms with Crippen molar-refractivity contribution in [1.29, 1.82) is 0 Å². The third-order valence-electron chi connectivity index (χ3n) is 2.01. The largest absolute Gasteiger partial charge is 0.389 e. The fraction of sp³-hybridized carbons (Fsp3) is 0.455. The van der Waals surface area contributed by atoms with E-state index in [9.17, 15) is 0 Å². The van der Waals surface area contributed by atoms with Gasteiger partial charge < -0.3 is 11.1 Å². The predicted molar refractivity (Wildman–Crippen MR) is 76.2 cm³/mol. The maximum atomic E-state index is 5.57. The zero-order valence-electron chi connectivity index (χ0n) is 9.56. The number of rotatable bonds is 6. The molecule has 0 aromatic carbocycles. The third kappa shape index (κ3) is 4.37. The first-order valence-electron chi connectivity index (χ1n) is 5.23. The molecule has 0 saturated heterocycles. The molecule has 1 rings (SSSR count). The minimum Gasteiger partial charge on any atom is -0.389 e. The van der Waals surface area contributed by atoms with Crippen molar-refractivity contribution in [2.24, 2.45) is 5.73 Å². The Bertz CT molecular complexity index is 355. The highest BCUT2D eigenvalue weighted by atomic mass is 32.2. The van der Waals surface area contributed by atoms with Crippen LogP contribution >= 0.6 is 24.0 Å². The molecule has 16 heavy (non-hydrogen) atoms. The number of pyridine rings is 1. The van der Waals surface area contributed by atoms with Crippen LogP contribution in [0.5, 0.6) is 0 Å². The van der Waals surface area contributed by atoms with Crippen LogP contribution in [0.2, 0.25) is 0 Å². The standard InChI is InChI=1S/C11H17N3S2/c1-3-16-7-8(2)14-10-6-9(11(12)15)4-5-13-10/h4-6,8H,3,7H2,1-2H3,(H2,12,15)(H,13,14). The Morgan fingerprint density at radius 1 is 1.69 bits per heavy atom. The van der Waals surface area contributed by atoms with Gasteiger partial charge in [0.2, 0.25) is 0 Å². The minimum absolute atomic E-state index is 0.388. The van der Waals surface area contributed by atoms with E-state index >= 15 is 0 Å². The van der Waals surface area contributed by atoms with Crippen LogP contribution in [-0.2, 0) is 0 Å². The zero-order chi connectivity index (χ0) is 12.0. The summed E-state index contributed by atoms with van der Waals surface area (Å²) in [4.78, 5) is 4.64. The van der Waals surface area contributed by atoms with Gasteiger partial charge in [0.15, 0.2) is 0 Å². The summed E-state index contributed by atoms with van der Waals surface area (Å²) in [5.41, 5.74) is 6.42. The molecular weight excluding hydrogens is 238 g/mol. The van der Waals surface area contributed by atoms with Gasteiger partial charge in [-0.25, -0.2) is 4.98 Å². The van der Waals surface area contributed by atoms with Crippen molar-refractivity contribution >= 4 is 34.8 Å². The highest BCUT2D eigenvalue weighted by Crippen LogP contribution is 2.10. The van der Waals surface area contributed by atoms with E-state index in [0.717, 1.165) is 22.9 Å². The van der Waals surface area contributed by atoms with Crippen molar-refractivity contribution in [1.82, 2.24) is 4.98 Å². The molecule has 0 aliphatic heterocycles. The molecule has 0 radical (unpaired) electrons. The molecule has 1 unspecified atom stereocenters. The minimum atomic E-state index is 0.388. The first-order valence-corrected chi connectivity index (χ1v) is 6.80. The lowest BCUT2D eigenvalue weighted by molar-refractivity contribution is 0.902. The summed E-state index contributed by atoms with van der Waals surface area (Å²) < 4.78 is 0. The van der Waals surface area contributed by atoms with Crippen molar-refractivity contribution in [3.05, 3.63) is 23.9 Å². The average Bonchev–Trinajstić information content (AvgIpc) is 2.26. The van der Waals surface area contributed by atoms with E-state index in [4.69, 9.17) is 18.0 Å². The normalized spacial score (nSPS) is 12.1. The molecule has 0 spiro atoms. The number of nitrogens with one attached hydrogen (secondary N) is 1. The Morgan fingerprint density at radius 2 is 2.44 bits per heavy atom. The van der Waals surface area contributed by atoms with Crippen LogP contribution in [0.1, 0.15) is 19.4 Å². The molecule has 1 atom stereocenters. The lowest BCUT2D eigenvalue weighted by Gasteiger charge is -2.14. The number of anilines is 1. The van der Waals surface area contributed by atoms with E-state index in [1.54, 1.807) is 6.20 Å². The van der Waals surface area contributed by atoms with E-state index in [2.05, 4.69) is 24.1 Å². The average molecular weight is 255 g/mol. The Morgan fingerprint density at radius 3 is 3.06 bits per heavy atom. The molecule has 1 heterocycles. The molecule has 0 aliphatic carbocycles. The summed E-state index contributed by atoms with van der Waals surface area (Å²) in [6.07, 6.45) is 1.72. The first kappa shape index (κ1) is 13.3. The van der Waals surface area contributed by atoms with E-state index in [1.807, 2.05) is 23.9 Å². The Balaban J connectivity index is 2.59. The number of thiocarbonyl (C=S) groups is 1. The molecule has 1 aromatic rings. The van der Waals surface area contributed by atoms with Crippen molar-refractivity contribution in [2.45, 2.75) is 19.9 Å². The van der Waals surface area contributed by atoms with Gasteiger partial charge in [0.05, 0.1) is 0 Å². The third-order valence-corrected chi connectivity index (χ3v) is 3.39. The maximum Gasteiger partial charge on any atom is 0.126 e. The molecule has 0 saturated carbocycles. The topological polar surface area (TPSA) is 50.9 Å². The van der Waals surface area contributed by atoms with Crippen molar-refractivity contribution in [3.63, 3.8) is 0 Å². The van der Waals surface area contributed by atoms with Crippen LogP contribution in [0.25, 0.3) is 0 Å². The highest BCUT2D eigenvalue weighted by Gasteiger charge is 2.04. The smallest absolute Gasteiger partial charge is 0.126 e. The van der Waals surface area contributed by atoms with Crippen LogP contribution in [-0.4, -0.2) is 27.5 Å². The van der Waals surface area contributed by atoms with Crippen LogP contribution in [0.15, 0.2) is 18.3 Å². The van der Waals surface area contributed by atoms with E-state index in [-0.39, 0.29) is 0 Å². The second-order valence-electron chi connectivity index (χ2n) is 3.50. The fourth-order valence-corrected chi connectivity index (χ4v) is 2.05. The highest BCUT2D eigenvalue weighted by molar-refractivity contribution is 7.99. The summed E-state index contributed by atoms with van der Waals surface area (Å²) >= 11 is 6.83. The van der Waals surface area contributed by atoms with Gasteiger partial charge in [-0.15, -0.1) is 0 Å². The molecule has 0 aliphatic rings. The van der Waals surface area contributed by atoms with Gasteiger partial charge in [0, 0.05) is 23.6 Å². The maximum absolute atomic E-state index is 5.57. The molecule has 3 N–H and O–H groups in total. The van der Waals surface area contributed by atoms with Gasteiger partial charge in [-0.05, 0) is 24.8 Å². The Kier molecular flexibility index (Phi) is 5.55. The molecule has 1 aromatic heterocycles. The quantitative estimate of drug-likeness (QED) is 0.764. The summed E-state index contributed by atoms with van der Waals surface area (Å²) in [5.74, 6) is 3.02. The lowest BCUT2D eigenvalue weighted by atomic mass is 10.2. The van der Waals surface area contributed by atoms with Gasteiger partial charge >= 0.3 is 0 Å². The van der Waals surface area contributed by atoms with Gasteiger partial charge in [-0.1, -0.05) is 19.1 Å². The van der Waals surface area contributed by atoms with E-state index in [1.165, 1.54) is 0 Å². The summed E-state index contributed by atoms with van der Waals surface area (Å²) in [5, 5.41) is 3.32. The van der Waals surface area contributed by atoms with Crippen LogP contribution in [0.4, 0.5) is 5.82 Å². The number of hydrogen-bond acceptors (Lipinski definition) is 4. The SMILES string of the molecule is CCSCC(C)Nc1cc(C(N)=S)ccn1. The fourth-order valence-electron chi connectivity index (χ4n) is 1.25. The lowest BCUT2D eigenvalue weighted by Crippen LogP contribution is -2.19. The van der Waals surface area contributed by atoms with E-state index < -0.39 is 0 Å². The molecule has 0 amide bonds. The van der Waals surface area contributed by atoms with Gasteiger partial charge in [0.1, 0.15) is 10.8 Å². The van der Waals surface area contributed by atoms with Crippen LogP contribution < -0.4 is 11.1 Å². The van der Waals surface area contributed by atoms with Crippen LogP contribution in [0.3, 0.4) is 0 Å². The number of nitrogens with zero attached hydrogens (tertiary/aromatic N) is 1.